The third kappa shape index (κ3) is 7.37. The van der Waals surface area contributed by atoms with Gasteiger partial charge in [0.25, 0.3) is 0 Å². The number of hydrogen-bond acceptors (Lipinski definition) is 4. The van der Waals surface area contributed by atoms with Crippen molar-refractivity contribution in [1.29, 1.82) is 0 Å². The highest BCUT2D eigenvalue weighted by atomic mass is 28.4. The van der Waals surface area contributed by atoms with Crippen LogP contribution in [0.25, 0.3) is 0 Å². The molecule has 5 atom stereocenters. The first kappa shape index (κ1) is 33.7. The normalized spacial score (nSPS) is 22.1. The first-order valence-corrected chi connectivity index (χ1v) is 25.8. The molecule has 0 aliphatic heterocycles. The van der Waals surface area contributed by atoms with E-state index in [1.165, 1.54) is 0 Å². The Balaban J connectivity index is 6.42. The molecule has 0 aromatic heterocycles. The summed E-state index contributed by atoms with van der Waals surface area (Å²) in [5.74, 6) is 0. The summed E-state index contributed by atoms with van der Waals surface area (Å²) in [7, 11) is -7.88. The molecular formula is C25H61NO3Si4. The third-order valence-corrected chi connectivity index (χ3v) is 22.8. The van der Waals surface area contributed by atoms with Crippen LogP contribution < -0.4 is 5.73 Å². The smallest absolute Gasteiger partial charge is 0.216 e. The fourth-order valence-corrected chi connectivity index (χ4v) is 17.4. The van der Waals surface area contributed by atoms with Crippen molar-refractivity contribution >= 4 is 33.0 Å². The van der Waals surface area contributed by atoms with E-state index in [0.29, 0.717) is 6.17 Å². The lowest BCUT2D eigenvalue weighted by Gasteiger charge is -2.56. The van der Waals surface area contributed by atoms with Crippen molar-refractivity contribution in [2.45, 2.75) is 155 Å². The Bertz CT molecular complexity index is 622. The fourth-order valence-electron chi connectivity index (χ4n) is 5.03. The second kappa shape index (κ2) is 11.4. The Morgan fingerprint density at radius 2 is 1.15 bits per heavy atom. The van der Waals surface area contributed by atoms with Gasteiger partial charge in [0, 0.05) is 16.4 Å². The Morgan fingerprint density at radius 1 is 0.697 bits per heavy atom. The summed E-state index contributed by atoms with van der Waals surface area (Å²) in [5, 5.41) is -0.379. The van der Waals surface area contributed by atoms with Crippen molar-refractivity contribution in [3.63, 3.8) is 0 Å². The molecule has 0 amide bonds. The zero-order valence-corrected chi connectivity index (χ0v) is 29.4. The van der Waals surface area contributed by atoms with Gasteiger partial charge in [0.2, 0.25) is 16.6 Å². The summed E-state index contributed by atoms with van der Waals surface area (Å²) in [6.07, 6.45) is 4.72. The van der Waals surface area contributed by atoms with Crippen LogP contribution in [-0.2, 0) is 13.3 Å². The minimum absolute atomic E-state index is 0.0787. The number of hydrogen-bond donors (Lipinski definition) is 1. The van der Waals surface area contributed by atoms with E-state index in [0.717, 1.165) is 25.7 Å². The summed E-state index contributed by atoms with van der Waals surface area (Å²) < 4.78 is 21.4. The van der Waals surface area contributed by atoms with Gasteiger partial charge in [-0.3, -0.25) is 0 Å². The van der Waals surface area contributed by atoms with Gasteiger partial charge in [-0.15, -0.1) is 0 Å². The molecule has 8 heteroatoms. The van der Waals surface area contributed by atoms with E-state index in [2.05, 4.69) is 107 Å². The molecule has 4 nitrogen and oxygen atoms in total. The topological polar surface area (TPSA) is 53.7 Å². The van der Waals surface area contributed by atoms with E-state index < -0.39 is 33.0 Å². The zero-order valence-electron chi connectivity index (χ0n) is 25.4. The Kier molecular flexibility index (Phi) is 11.6. The maximum Gasteiger partial charge on any atom is 0.216 e. The third-order valence-electron chi connectivity index (χ3n) is 9.04. The molecule has 0 spiro atoms. The second-order valence-electron chi connectivity index (χ2n) is 13.5. The predicted octanol–water partition coefficient (Wildman–Crippen LogP) is 7.85. The average Bonchev–Trinajstić information content (AvgIpc) is 2.68. The molecule has 4 unspecified atom stereocenters. The molecular weight excluding hydrogens is 475 g/mol. The van der Waals surface area contributed by atoms with E-state index in [-0.39, 0.29) is 21.6 Å². The molecule has 0 fully saturated rings. The first-order valence-electron chi connectivity index (χ1n) is 13.4. The van der Waals surface area contributed by atoms with E-state index >= 15 is 0 Å². The van der Waals surface area contributed by atoms with Crippen molar-refractivity contribution in [2.75, 3.05) is 6.17 Å². The quantitative estimate of drug-likeness (QED) is 0.217. The van der Waals surface area contributed by atoms with E-state index in [4.69, 9.17) is 19.0 Å². The van der Waals surface area contributed by atoms with Gasteiger partial charge >= 0.3 is 0 Å². The highest BCUT2D eigenvalue weighted by molar-refractivity contribution is 6.82. The Morgan fingerprint density at radius 3 is 1.42 bits per heavy atom. The Hall–Kier alpha value is 0.708. The molecule has 0 aromatic carbocycles. The molecule has 0 heterocycles. The van der Waals surface area contributed by atoms with Gasteiger partial charge < -0.3 is 19.0 Å². The Labute approximate surface area is 212 Å². The zero-order chi connectivity index (χ0) is 26.7. The van der Waals surface area contributed by atoms with Crippen LogP contribution in [0.5, 0.6) is 0 Å². The summed E-state index contributed by atoms with van der Waals surface area (Å²) in [6, 6.07) is 0. The van der Waals surface area contributed by atoms with Crippen LogP contribution >= 0.6 is 0 Å². The second-order valence-corrected chi connectivity index (χ2v) is 32.0. The van der Waals surface area contributed by atoms with Gasteiger partial charge in [-0.05, 0) is 78.8 Å². The SMILES string of the molecule is CCC(O[Si](C)(C)[C@](C)(CC)O[Si](C)(C)C)C(C)(CC)[Si](C)(CN)OC(C)(CC)[Si](C)(C)C. The summed E-state index contributed by atoms with van der Waals surface area (Å²) in [6.45, 7) is 37.4. The summed E-state index contributed by atoms with van der Waals surface area (Å²) in [4.78, 5) is 0. The van der Waals surface area contributed by atoms with Gasteiger partial charge in [0.1, 0.15) is 0 Å². The van der Waals surface area contributed by atoms with Crippen molar-refractivity contribution in [3.05, 3.63) is 0 Å². The highest BCUT2D eigenvalue weighted by Crippen LogP contribution is 2.51. The number of nitrogens with two attached hydrogens (primary N) is 1. The van der Waals surface area contributed by atoms with Crippen molar-refractivity contribution in [1.82, 2.24) is 0 Å². The molecule has 0 bridgehead atoms. The van der Waals surface area contributed by atoms with E-state index in [9.17, 15) is 0 Å². The van der Waals surface area contributed by atoms with Gasteiger partial charge in [-0.25, -0.2) is 0 Å². The minimum Gasteiger partial charge on any atom is -0.413 e. The van der Waals surface area contributed by atoms with E-state index in [1.807, 2.05) is 0 Å². The maximum atomic E-state index is 7.32. The van der Waals surface area contributed by atoms with Crippen LogP contribution in [0, 0.1) is 0 Å². The molecule has 0 aliphatic carbocycles. The maximum absolute atomic E-state index is 7.32. The van der Waals surface area contributed by atoms with Gasteiger partial charge in [0.15, 0.2) is 8.32 Å². The minimum atomic E-state index is -2.37. The van der Waals surface area contributed by atoms with E-state index in [1.54, 1.807) is 0 Å². The van der Waals surface area contributed by atoms with Gasteiger partial charge in [-0.2, -0.15) is 0 Å². The lowest BCUT2D eigenvalue weighted by atomic mass is 9.98. The molecule has 0 aliphatic rings. The largest absolute Gasteiger partial charge is 0.413 e. The monoisotopic (exact) mass is 535 g/mol. The highest BCUT2D eigenvalue weighted by Gasteiger charge is 2.58. The molecule has 0 rings (SSSR count). The van der Waals surface area contributed by atoms with Crippen LogP contribution in [-0.4, -0.2) is 55.7 Å². The molecule has 0 saturated heterocycles. The van der Waals surface area contributed by atoms with Crippen molar-refractivity contribution < 1.29 is 13.3 Å². The standard InChI is InChI=1S/C25H61NO3Si4/c1-17-22(27-32(14,15)25(7,20-4)28-31(11,12)13)23(5,18-2)33(16,21-26)29-24(6,19-3)30(8,9)10/h22H,17-21,26H2,1-16H3/t22?,23?,24?,25-,33?/m1/s1. The van der Waals surface area contributed by atoms with Crippen LogP contribution in [0.4, 0.5) is 0 Å². The van der Waals surface area contributed by atoms with Crippen LogP contribution in [0.15, 0.2) is 0 Å². The molecule has 0 aromatic rings. The lowest BCUT2D eigenvalue weighted by molar-refractivity contribution is 0.0567. The first-order chi connectivity index (χ1) is 14.6. The summed E-state index contributed by atoms with van der Waals surface area (Å²) >= 11 is 0. The van der Waals surface area contributed by atoms with Crippen molar-refractivity contribution in [2.24, 2.45) is 5.73 Å². The van der Waals surface area contributed by atoms with Crippen LogP contribution in [0.1, 0.15) is 74.1 Å². The number of rotatable bonds is 15. The lowest BCUT2D eigenvalue weighted by Crippen LogP contribution is -2.67. The molecule has 200 valence electrons. The van der Waals surface area contributed by atoms with Gasteiger partial charge in [-0.1, -0.05) is 54.3 Å². The fraction of sp³-hybridized carbons (Fsp3) is 1.00. The molecule has 2 N–H and O–H groups in total. The summed E-state index contributed by atoms with van der Waals surface area (Å²) in [5.41, 5.74) is 6.61. The molecule has 33 heavy (non-hydrogen) atoms. The van der Waals surface area contributed by atoms with Crippen LogP contribution in [0.2, 0.25) is 64.0 Å². The molecule has 0 radical (unpaired) electrons. The predicted molar refractivity (Wildman–Crippen MR) is 158 cm³/mol. The van der Waals surface area contributed by atoms with Gasteiger partial charge in [0.05, 0.1) is 19.4 Å². The average molecular weight is 536 g/mol. The molecule has 0 saturated carbocycles. The van der Waals surface area contributed by atoms with Crippen molar-refractivity contribution in [3.8, 4) is 0 Å². The van der Waals surface area contributed by atoms with Crippen LogP contribution in [0.3, 0.4) is 0 Å².